The monoisotopic (exact) mass is 342 g/mol. The van der Waals surface area contributed by atoms with E-state index in [0.717, 1.165) is 37.4 Å². The number of carbonyl (C=O) groups excluding carboxylic acids is 1. The number of fused-ring (bicyclic) bond motifs is 1. The number of rotatable bonds is 5. The average Bonchev–Trinajstić information content (AvgIpc) is 3.31. The van der Waals surface area contributed by atoms with Crippen molar-refractivity contribution >= 4 is 17.2 Å². The Labute approximate surface area is 146 Å². The maximum absolute atomic E-state index is 12.7. The summed E-state index contributed by atoms with van der Waals surface area (Å²) in [7, 11) is 0. The molecule has 3 heterocycles. The van der Waals surface area contributed by atoms with E-state index < -0.39 is 0 Å². The largest absolute Gasteiger partial charge is 0.375 e. The van der Waals surface area contributed by atoms with Crippen LogP contribution < -0.4 is 0 Å². The summed E-state index contributed by atoms with van der Waals surface area (Å²) in [6.45, 7) is 2.98. The second-order valence-electron chi connectivity index (χ2n) is 6.96. The molecule has 2 aliphatic rings. The lowest BCUT2D eigenvalue weighted by molar-refractivity contribution is 0.0252. The number of ether oxygens (including phenoxy) is 1. The standard InChI is InChI=1S/C19H22N2O2S/c22-18(15-6-9-24-12-15)21-10-16-4-3-7-19(16,13-21)14-23-11-17-5-1-2-8-20-17/h1-2,5-6,8-9,12,16H,3-4,7,10-11,13-14H2/t16-,19+/m1/s1. The van der Waals surface area contributed by atoms with Crippen molar-refractivity contribution in [1.29, 1.82) is 0 Å². The van der Waals surface area contributed by atoms with E-state index in [1.54, 1.807) is 17.5 Å². The van der Waals surface area contributed by atoms with Crippen molar-refractivity contribution < 1.29 is 9.53 Å². The Hall–Kier alpha value is -1.72. The average molecular weight is 342 g/mol. The number of likely N-dealkylation sites (tertiary alicyclic amines) is 1. The first-order chi connectivity index (χ1) is 11.8. The van der Waals surface area contributed by atoms with Crippen molar-refractivity contribution in [2.24, 2.45) is 11.3 Å². The molecule has 2 fully saturated rings. The van der Waals surface area contributed by atoms with Crippen molar-refractivity contribution in [2.75, 3.05) is 19.7 Å². The van der Waals surface area contributed by atoms with Crippen LogP contribution in [0.2, 0.25) is 0 Å². The van der Waals surface area contributed by atoms with Gasteiger partial charge in [0.05, 0.1) is 24.5 Å². The second kappa shape index (κ2) is 6.65. The zero-order chi connectivity index (χ0) is 16.4. The molecular weight excluding hydrogens is 320 g/mol. The van der Waals surface area contributed by atoms with E-state index in [4.69, 9.17) is 4.74 Å². The minimum atomic E-state index is 0.139. The van der Waals surface area contributed by atoms with Crippen LogP contribution in [-0.2, 0) is 11.3 Å². The summed E-state index contributed by atoms with van der Waals surface area (Å²) in [4.78, 5) is 19.0. The van der Waals surface area contributed by atoms with Gasteiger partial charge in [-0.15, -0.1) is 0 Å². The predicted octanol–water partition coefficient (Wildman–Crippen LogP) is 3.60. The maximum Gasteiger partial charge on any atom is 0.254 e. The molecule has 2 aromatic rings. The van der Waals surface area contributed by atoms with Crippen molar-refractivity contribution in [2.45, 2.75) is 25.9 Å². The molecule has 1 saturated carbocycles. The van der Waals surface area contributed by atoms with Crippen LogP contribution in [0.15, 0.2) is 41.2 Å². The van der Waals surface area contributed by atoms with E-state index in [1.807, 2.05) is 39.9 Å². The van der Waals surface area contributed by atoms with Gasteiger partial charge in [-0.3, -0.25) is 9.78 Å². The first-order valence-corrected chi connectivity index (χ1v) is 9.50. The molecule has 2 atom stereocenters. The lowest BCUT2D eigenvalue weighted by atomic mass is 9.81. The van der Waals surface area contributed by atoms with Crippen LogP contribution in [0.3, 0.4) is 0 Å². The fraction of sp³-hybridized carbons (Fsp3) is 0.474. The Morgan fingerprint density at radius 2 is 2.38 bits per heavy atom. The third kappa shape index (κ3) is 2.98. The quantitative estimate of drug-likeness (QED) is 0.834. The molecule has 0 unspecified atom stereocenters. The van der Waals surface area contributed by atoms with Gasteiger partial charge in [0.2, 0.25) is 0 Å². The zero-order valence-corrected chi connectivity index (χ0v) is 14.5. The molecule has 1 amide bonds. The first-order valence-electron chi connectivity index (χ1n) is 8.56. The molecule has 0 spiro atoms. The van der Waals surface area contributed by atoms with Gasteiger partial charge in [-0.1, -0.05) is 12.5 Å². The van der Waals surface area contributed by atoms with Crippen LogP contribution in [0.25, 0.3) is 0 Å². The van der Waals surface area contributed by atoms with E-state index in [2.05, 4.69) is 4.98 Å². The minimum absolute atomic E-state index is 0.139. The topological polar surface area (TPSA) is 42.4 Å². The molecule has 0 N–H and O–H groups in total. The number of hydrogen-bond donors (Lipinski definition) is 0. The molecule has 24 heavy (non-hydrogen) atoms. The van der Waals surface area contributed by atoms with Gasteiger partial charge < -0.3 is 9.64 Å². The van der Waals surface area contributed by atoms with Gasteiger partial charge in [0.25, 0.3) is 5.91 Å². The molecule has 0 radical (unpaired) electrons. The smallest absolute Gasteiger partial charge is 0.254 e. The molecule has 2 aromatic heterocycles. The van der Waals surface area contributed by atoms with Crippen molar-refractivity contribution in [3.63, 3.8) is 0 Å². The number of aromatic nitrogens is 1. The van der Waals surface area contributed by atoms with E-state index in [1.165, 1.54) is 12.8 Å². The highest BCUT2D eigenvalue weighted by Crippen LogP contribution is 2.49. The van der Waals surface area contributed by atoms with Crippen LogP contribution in [0.4, 0.5) is 0 Å². The van der Waals surface area contributed by atoms with Crippen LogP contribution in [0.1, 0.15) is 35.3 Å². The highest BCUT2D eigenvalue weighted by molar-refractivity contribution is 7.08. The number of amides is 1. The maximum atomic E-state index is 12.7. The van der Waals surface area contributed by atoms with Crippen molar-refractivity contribution in [1.82, 2.24) is 9.88 Å². The molecule has 4 nitrogen and oxygen atoms in total. The summed E-state index contributed by atoms with van der Waals surface area (Å²) in [5, 5.41) is 3.91. The summed E-state index contributed by atoms with van der Waals surface area (Å²) in [5.74, 6) is 0.749. The van der Waals surface area contributed by atoms with Gasteiger partial charge in [-0.05, 0) is 42.3 Å². The van der Waals surface area contributed by atoms with Crippen LogP contribution in [0, 0.1) is 11.3 Å². The minimum Gasteiger partial charge on any atom is -0.375 e. The Morgan fingerprint density at radius 3 is 3.17 bits per heavy atom. The van der Waals surface area contributed by atoms with E-state index >= 15 is 0 Å². The van der Waals surface area contributed by atoms with Gasteiger partial charge >= 0.3 is 0 Å². The van der Waals surface area contributed by atoms with Gasteiger partial charge in [0.1, 0.15) is 0 Å². The lowest BCUT2D eigenvalue weighted by Gasteiger charge is -2.28. The highest BCUT2D eigenvalue weighted by atomic mass is 32.1. The van der Waals surface area contributed by atoms with Gasteiger partial charge in [0.15, 0.2) is 0 Å². The predicted molar refractivity (Wildman–Crippen MR) is 93.9 cm³/mol. The number of thiophene rings is 1. The molecule has 0 bridgehead atoms. The van der Waals surface area contributed by atoms with Crippen molar-refractivity contribution in [3.05, 3.63) is 52.5 Å². The SMILES string of the molecule is O=C(c1ccsc1)N1C[C@H]2CCC[C@@]2(COCc2ccccn2)C1. The van der Waals surface area contributed by atoms with E-state index in [0.29, 0.717) is 12.5 Å². The van der Waals surface area contributed by atoms with E-state index in [-0.39, 0.29) is 11.3 Å². The molecule has 4 rings (SSSR count). The molecule has 126 valence electrons. The molecule has 0 aromatic carbocycles. The molecule has 1 aliphatic heterocycles. The highest BCUT2D eigenvalue weighted by Gasteiger charge is 2.50. The molecule has 1 aliphatic carbocycles. The Morgan fingerprint density at radius 1 is 1.42 bits per heavy atom. The van der Waals surface area contributed by atoms with Gasteiger partial charge in [0, 0.05) is 30.1 Å². The van der Waals surface area contributed by atoms with Gasteiger partial charge in [-0.25, -0.2) is 0 Å². The molecule has 1 saturated heterocycles. The third-order valence-corrected chi connectivity index (χ3v) is 6.14. The Balaban J connectivity index is 1.40. The number of carbonyl (C=O) groups is 1. The summed E-state index contributed by atoms with van der Waals surface area (Å²) in [5.41, 5.74) is 1.93. The number of pyridine rings is 1. The Bertz CT molecular complexity index is 689. The van der Waals surface area contributed by atoms with Crippen LogP contribution in [0.5, 0.6) is 0 Å². The fourth-order valence-corrected chi connectivity index (χ4v) is 4.85. The Kier molecular flexibility index (Phi) is 4.37. The van der Waals surface area contributed by atoms with Crippen LogP contribution in [-0.4, -0.2) is 35.5 Å². The summed E-state index contributed by atoms with van der Waals surface area (Å²) in [6.07, 6.45) is 5.41. The zero-order valence-electron chi connectivity index (χ0n) is 13.7. The van der Waals surface area contributed by atoms with Crippen molar-refractivity contribution in [3.8, 4) is 0 Å². The summed E-state index contributed by atoms with van der Waals surface area (Å²) in [6, 6.07) is 7.81. The first kappa shape index (κ1) is 15.8. The normalized spacial score (nSPS) is 25.8. The summed E-state index contributed by atoms with van der Waals surface area (Å²) < 4.78 is 6.03. The van der Waals surface area contributed by atoms with E-state index in [9.17, 15) is 4.79 Å². The molecular formula is C19H22N2O2S. The molecule has 5 heteroatoms. The lowest BCUT2D eigenvalue weighted by Crippen LogP contribution is -2.34. The summed E-state index contributed by atoms with van der Waals surface area (Å²) >= 11 is 1.58. The van der Waals surface area contributed by atoms with Gasteiger partial charge in [-0.2, -0.15) is 11.3 Å². The number of nitrogens with zero attached hydrogens (tertiary/aromatic N) is 2. The van der Waals surface area contributed by atoms with Crippen LogP contribution >= 0.6 is 11.3 Å². The number of hydrogen-bond acceptors (Lipinski definition) is 4. The second-order valence-corrected chi connectivity index (χ2v) is 7.74. The third-order valence-electron chi connectivity index (χ3n) is 5.46. The fourth-order valence-electron chi connectivity index (χ4n) is 4.22.